The fourth-order valence-corrected chi connectivity index (χ4v) is 3.56. The molecular weight excluding hydrogens is 270 g/mol. The number of aryl methyl sites for hydroxylation is 3. The van der Waals surface area contributed by atoms with Gasteiger partial charge in [-0.25, -0.2) is 4.98 Å². The van der Waals surface area contributed by atoms with Crippen molar-refractivity contribution in [1.82, 2.24) is 10.3 Å². The molecule has 0 radical (unpaired) electrons. The summed E-state index contributed by atoms with van der Waals surface area (Å²) < 4.78 is 0. The quantitative estimate of drug-likeness (QED) is 0.789. The van der Waals surface area contributed by atoms with Crippen LogP contribution in [-0.4, -0.2) is 23.5 Å². The highest BCUT2D eigenvalue weighted by Crippen LogP contribution is 2.27. The van der Waals surface area contributed by atoms with Gasteiger partial charge in [-0.05, 0) is 39.0 Å². The Bertz CT molecular complexity index is 432. The number of rotatable bonds is 6. The van der Waals surface area contributed by atoms with Gasteiger partial charge >= 0.3 is 0 Å². The Labute approximate surface area is 125 Å². The van der Waals surface area contributed by atoms with Crippen molar-refractivity contribution in [3.8, 4) is 0 Å². The molecule has 2 atom stereocenters. The van der Waals surface area contributed by atoms with Crippen molar-refractivity contribution < 1.29 is 4.79 Å². The third-order valence-corrected chi connectivity index (χ3v) is 5.18. The predicted molar refractivity (Wildman–Crippen MR) is 82.9 cm³/mol. The van der Waals surface area contributed by atoms with Crippen LogP contribution in [0.3, 0.4) is 0 Å². The van der Waals surface area contributed by atoms with Crippen LogP contribution < -0.4 is 11.1 Å². The smallest absolute Gasteiger partial charge is 0.224 e. The second kappa shape index (κ2) is 7.18. The third kappa shape index (κ3) is 4.03. The summed E-state index contributed by atoms with van der Waals surface area (Å²) >= 11 is 1.86. The minimum atomic E-state index is -0.123. The number of aromatic nitrogens is 1. The Morgan fingerprint density at radius 1 is 1.40 bits per heavy atom. The average Bonchev–Trinajstić information content (AvgIpc) is 2.85. The van der Waals surface area contributed by atoms with Gasteiger partial charge in [-0.15, -0.1) is 11.3 Å². The Balaban J connectivity index is 1.71. The van der Waals surface area contributed by atoms with E-state index in [0.29, 0.717) is 6.54 Å². The highest BCUT2D eigenvalue weighted by Gasteiger charge is 2.17. The molecular formula is C15H25N3OS. The Morgan fingerprint density at radius 3 is 2.85 bits per heavy atom. The number of nitrogens with two attached hydrogens (primary N) is 1. The first-order valence-corrected chi connectivity index (χ1v) is 8.40. The molecule has 1 aliphatic rings. The second-order valence-corrected chi connectivity index (χ2v) is 6.90. The molecule has 0 aliphatic heterocycles. The Morgan fingerprint density at radius 2 is 2.15 bits per heavy atom. The topological polar surface area (TPSA) is 68.0 Å². The molecule has 0 aromatic carbocycles. The van der Waals surface area contributed by atoms with Crippen LogP contribution in [0.2, 0.25) is 0 Å². The van der Waals surface area contributed by atoms with Gasteiger partial charge in [-0.1, -0.05) is 6.92 Å². The molecule has 3 N–H and O–H groups in total. The Hall–Kier alpha value is -0.940. The van der Waals surface area contributed by atoms with E-state index >= 15 is 0 Å². The fourth-order valence-electron chi connectivity index (χ4n) is 2.36. The van der Waals surface area contributed by atoms with E-state index in [1.165, 1.54) is 34.8 Å². The zero-order valence-electron chi connectivity index (χ0n) is 12.4. The van der Waals surface area contributed by atoms with Crippen LogP contribution in [0.4, 0.5) is 0 Å². The second-order valence-electron chi connectivity index (χ2n) is 5.73. The number of hydrogen-bond acceptors (Lipinski definition) is 4. The molecule has 0 saturated carbocycles. The first-order chi connectivity index (χ1) is 9.58. The third-order valence-electron chi connectivity index (χ3n) is 3.96. The summed E-state index contributed by atoms with van der Waals surface area (Å²) in [7, 11) is 0. The van der Waals surface area contributed by atoms with E-state index in [-0.39, 0.29) is 17.9 Å². The fraction of sp³-hybridized carbons (Fsp3) is 0.733. The lowest BCUT2D eigenvalue weighted by molar-refractivity contribution is -0.124. The van der Waals surface area contributed by atoms with Gasteiger partial charge in [0.2, 0.25) is 5.91 Å². The first kappa shape index (κ1) is 15.4. The zero-order chi connectivity index (χ0) is 14.5. The van der Waals surface area contributed by atoms with Gasteiger partial charge in [-0.2, -0.15) is 0 Å². The molecule has 0 spiro atoms. The average molecular weight is 295 g/mol. The van der Waals surface area contributed by atoms with Gasteiger partial charge in [0.05, 0.1) is 10.7 Å². The summed E-state index contributed by atoms with van der Waals surface area (Å²) in [4.78, 5) is 18.0. The minimum absolute atomic E-state index is 0.0541. The maximum absolute atomic E-state index is 11.8. The molecule has 1 aliphatic carbocycles. The normalized spacial score (nSPS) is 17.4. The van der Waals surface area contributed by atoms with Crippen LogP contribution >= 0.6 is 11.3 Å². The molecule has 2 rings (SSSR count). The van der Waals surface area contributed by atoms with Crippen molar-refractivity contribution in [2.75, 3.05) is 6.54 Å². The van der Waals surface area contributed by atoms with Gasteiger partial charge < -0.3 is 11.1 Å². The molecule has 0 fully saturated rings. The van der Waals surface area contributed by atoms with Crippen LogP contribution in [0.5, 0.6) is 0 Å². The number of amides is 1. The highest BCUT2D eigenvalue weighted by molar-refractivity contribution is 7.11. The van der Waals surface area contributed by atoms with Gasteiger partial charge in [0.15, 0.2) is 0 Å². The minimum Gasteiger partial charge on any atom is -0.356 e. The lowest BCUT2D eigenvalue weighted by Gasteiger charge is -2.14. The SMILES string of the molecule is CC(N)C(C)C(=O)NCCCc1nc2c(s1)CCCC2. The number of nitrogens with one attached hydrogen (secondary N) is 1. The monoisotopic (exact) mass is 295 g/mol. The number of nitrogens with zero attached hydrogens (tertiary/aromatic N) is 1. The van der Waals surface area contributed by atoms with Crippen molar-refractivity contribution in [3.05, 3.63) is 15.6 Å². The lowest BCUT2D eigenvalue weighted by atomic mass is 10.0. The van der Waals surface area contributed by atoms with E-state index in [1.807, 2.05) is 25.2 Å². The number of thiazole rings is 1. The van der Waals surface area contributed by atoms with Crippen molar-refractivity contribution in [3.63, 3.8) is 0 Å². The number of fused-ring (bicyclic) bond motifs is 1. The predicted octanol–water partition coefficient (Wildman–Crippen LogP) is 2.05. The van der Waals surface area contributed by atoms with Gasteiger partial charge in [0.25, 0.3) is 0 Å². The zero-order valence-corrected chi connectivity index (χ0v) is 13.3. The molecule has 0 saturated heterocycles. The number of hydrogen-bond donors (Lipinski definition) is 2. The maximum atomic E-state index is 11.8. The van der Waals surface area contributed by atoms with Crippen molar-refractivity contribution in [2.24, 2.45) is 11.7 Å². The summed E-state index contributed by atoms with van der Waals surface area (Å²) in [6.07, 6.45) is 6.85. The van der Waals surface area contributed by atoms with E-state index in [1.54, 1.807) is 0 Å². The molecule has 1 aromatic heterocycles. The molecule has 2 unspecified atom stereocenters. The van der Waals surface area contributed by atoms with Gasteiger partial charge in [-0.3, -0.25) is 4.79 Å². The maximum Gasteiger partial charge on any atom is 0.224 e. The molecule has 5 heteroatoms. The molecule has 4 nitrogen and oxygen atoms in total. The standard InChI is InChI=1S/C15H25N3OS/c1-10(11(2)16)15(19)17-9-5-8-14-18-12-6-3-4-7-13(12)20-14/h10-11H,3-9,16H2,1-2H3,(H,17,19). The summed E-state index contributed by atoms with van der Waals surface area (Å²) in [6.45, 7) is 4.44. The molecule has 1 heterocycles. The van der Waals surface area contributed by atoms with Gasteiger partial charge in [0, 0.05) is 29.8 Å². The van der Waals surface area contributed by atoms with Crippen molar-refractivity contribution >= 4 is 17.2 Å². The summed E-state index contributed by atoms with van der Waals surface area (Å²) in [6, 6.07) is -0.0966. The molecule has 0 bridgehead atoms. The van der Waals surface area contributed by atoms with E-state index in [9.17, 15) is 4.79 Å². The van der Waals surface area contributed by atoms with E-state index < -0.39 is 0 Å². The number of carbonyl (C=O) groups excluding carboxylic acids is 1. The van der Waals surface area contributed by atoms with Crippen LogP contribution in [0.1, 0.15) is 48.7 Å². The summed E-state index contributed by atoms with van der Waals surface area (Å²) in [5, 5.41) is 4.18. The molecule has 20 heavy (non-hydrogen) atoms. The first-order valence-electron chi connectivity index (χ1n) is 7.58. The van der Waals surface area contributed by atoms with Crippen LogP contribution in [0.15, 0.2) is 0 Å². The van der Waals surface area contributed by atoms with Gasteiger partial charge in [0.1, 0.15) is 0 Å². The lowest BCUT2D eigenvalue weighted by Crippen LogP contribution is -2.39. The molecule has 1 amide bonds. The largest absolute Gasteiger partial charge is 0.356 e. The van der Waals surface area contributed by atoms with E-state index in [0.717, 1.165) is 19.3 Å². The van der Waals surface area contributed by atoms with E-state index in [2.05, 4.69) is 5.32 Å². The number of carbonyl (C=O) groups is 1. The van der Waals surface area contributed by atoms with Crippen LogP contribution in [0, 0.1) is 5.92 Å². The van der Waals surface area contributed by atoms with Crippen molar-refractivity contribution in [2.45, 2.75) is 58.4 Å². The van der Waals surface area contributed by atoms with Crippen LogP contribution in [0.25, 0.3) is 0 Å². The highest BCUT2D eigenvalue weighted by atomic mass is 32.1. The Kier molecular flexibility index (Phi) is 5.54. The van der Waals surface area contributed by atoms with Crippen LogP contribution in [-0.2, 0) is 24.1 Å². The van der Waals surface area contributed by atoms with Crippen molar-refractivity contribution in [1.29, 1.82) is 0 Å². The summed E-state index contributed by atoms with van der Waals surface area (Å²) in [5.41, 5.74) is 7.04. The molecule has 112 valence electrons. The molecule has 1 aromatic rings. The van der Waals surface area contributed by atoms with E-state index in [4.69, 9.17) is 10.7 Å². The summed E-state index contributed by atoms with van der Waals surface area (Å²) in [5.74, 6) is -0.0689.